The van der Waals surface area contributed by atoms with Crippen LogP contribution in [0.15, 0.2) is 22.7 Å². The summed E-state index contributed by atoms with van der Waals surface area (Å²) in [5, 5.41) is 26.2. The van der Waals surface area contributed by atoms with Gasteiger partial charge in [-0.05, 0) is 59.5 Å². The first-order valence-corrected chi connectivity index (χ1v) is 9.74. The van der Waals surface area contributed by atoms with Crippen LogP contribution in [0, 0.1) is 33.5 Å². The molecule has 4 aliphatic rings. The monoisotopic (exact) mass is 402 g/mol. The van der Waals surface area contributed by atoms with Gasteiger partial charge in [-0.1, -0.05) is 41.5 Å². The summed E-state index contributed by atoms with van der Waals surface area (Å²) in [5.74, 6) is -2.08. The Morgan fingerprint density at radius 2 is 1.00 bits per heavy atom. The van der Waals surface area contributed by atoms with Crippen LogP contribution in [0.1, 0.15) is 67.2 Å². The molecule has 4 rings (SSSR count). The average Bonchev–Trinajstić information content (AvgIpc) is 3.04. The summed E-state index contributed by atoms with van der Waals surface area (Å²) in [7, 11) is 0. The van der Waals surface area contributed by atoms with Crippen LogP contribution in [-0.2, 0) is 9.59 Å². The van der Waals surface area contributed by atoms with Gasteiger partial charge in [0.05, 0.1) is 0 Å². The van der Waals surface area contributed by atoms with Crippen LogP contribution in [0.4, 0.5) is 0 Å². The zero-order valence-electron chi connectivity index (χ0n) is 18.6. The normalized spacial score (nSPS) is 42.9. The van der Waals surface area contributed by atoms with E-state index in [1.807, 2.05) is 41.5 Å². The summed E-state index contributed by atoms with van der Waals surface area (Å²) < 4.78 is 0. The molecule has 4 bridgehead atoms. The number of carbonyl (C=O) groups is 2. The van der Waals surface area contributed by atoms with Crippen LogP contribution in [-0.4, -0.2) is 11.6 Å². The molecular formula is C22H28Na2O4. The van der Waals surface area contributed by atoms with Crippen molar-refractivity contribution in [3.8, 4) is 0 Å². The predicted octanol–water partition coefficient (Wildman–Crippen LogP) is -3.73. The molecule has 4 atom stereocenters. The summed E-state index contributed by atoms with van der Waals surface area (Å²) in [6.07, 6.45) is 3.05. The molecule has 28 heavy (non-hydrogen) atoms. The Hall–Kier alpha value is 0.420. The van der Waals surface area contributed by atoms with Gasteiger partial charge < -0.3 is 10.2 Å². The number of Topliss-reactive ketones (excluding diaryl/α,β-unsaturated/α-hetero) is 2. The molecule has 142 valence electrons. The second kappa shape index (κ2) is 6.97. The minimum atomic E-state index is -0.702. The number of hydrogen-bond acceptors (Lipinski definition) is 4. The third kappa shape index (κ3) is 2.51. The number of rotatable bonds is 1. The number of hydrogen-bond donors (Lipinski definition) is 0. The molecule has 0 N–H and O–H groups in total. The molecule has 0 saturated heterocycles. The molecule has 0 spiro atoms. The van der Waals surface area contributed by atoms with Crippen LogP contribution < -0.4 is 69.3 Å². The van der Waals surface area contributed by atoms with E-state index < -0.39 is 22.3 Å². The average molecular weight is 402 g/mol. The summed E-state index contributed by atoms with van der Waals surface area (Å²) in [6, 6.07) is 0. The Morgan fingerprint density at radius 1 is 0.714 bits per heavy atom. The molecule has 0 heterocycles. The van der Waals surface area contributed by atoms with E-state index in [9.17, 15) is 19.8 Å². The first-order valence-electron chi connectivity index (χ1n) is 9.74. The first-order chi connectivity index (χ1) is 11.8. The molecule has 0 aromatic carbocycles. The van der Waals surface area contributed by atoms with E-state index >= 15 is 0 Å². The van der Waals surface area contributed by atoms with Crippen LogP contribution in [0.5, 0.6) is 0 Å². The fourth-order valence-electron chi connectivity index (χ4n) is 6.50. The molecular weight excluding hydrogens is 374 g/mol. The van der Waals surface area contributed by atoms with Gasteiger partial charge >= 0.3 is 59.1 Å². The van der Waals surface area contributed by atoms with Gasteiger partial charge in [-0.3, -0.25) is 9.59 Å². The summed E-state index contributed by atoms with van der Waals surface area (Å²) in [6.45, 7) is 11.9. The maximum Gasteiger partial charge on any atom is 1.00 e. The van der Waals surface area contributed by atoms with Gasteiger partial charge in [0.1, 0.15) is 0 Å². The summed E-state index contributed by atoms with van der Waals surface area (Å²) in [5.41, 5.74) is -1.44. The zero-order valence-corrected chi connectivity index (χ0v) is 22.6. The molecule has 0 amide bonds. The maximum absolute atomic E-state index is 13.1. The van der Waals surface area contributed by atoms with Gasteiger partial charge in [0, 0.05) is 10.8 Å². The Balaban J connectivity index is 0.00000140. The number of carbonyl (C=O) groups excluding carboxylic acids is 2. The van der Waals surface area contributed by atoms with Gasteiger partial charge in [0.25, 0.3) is 0 Å². The molecule has 0 aromatic heterocycles. The number of fused-ring (bicyclic) bond motifs is 4. The van der Waals surface area contributed by atoms with Crippen molar-refractivity contribution in [1.29, 1.82) is 0 Å². The molecule has 4 saturated carbocycles. The molecule has 0 radical (unpaired) electrons. The first kappa shape index (κ1) is 24.7. The molecule has 4 aliphatic carbocycles. The quantitative estimate of drug-likeness (QED) is 0.257. The molecule has 0 aliphatic heterocycles. The van der Waals surface area contributed by atoms with Gasteiger partial charge in [-0.2, -0.15) is 0 Å². The smallest absolute Gasteiger partial charge is 0.873 e. The van der Waals surface area contributed by atoms with E-state index in [0.29, 0.717) is 0 Å². The maximum atomic E-state index is 13.1. The number of ketones is 2. The standard InChI is InChI=1S/C22H30O4.2Na/c1-19(2)11-7-9-21(19,5)17(25)13(11)15(23)16(24)14-12-8-10-22(6,18(14)26)20(12,3)4;;/h11-12,23-24H,7-10H2,1-6H3;;/q;2*+1/p-2. The van der Waals surface area contributed by atoms with E-state index in [1.165, 1.54) is 0 Å². The zero-order chi connectivity index (χ0) is 19.4. The second-order valence-corrected chi connectivity index (χ2v) is 10.4. The summed E-state index contributed by atoms with van der Waals surface area (Å²) in [4.78, 5) is 26.0. The second-order valence-electron chi connectivity index (χ2n) is 10.4. The molecule has 0 aromatic rings. The van der Waals surface area contributed by atoms with Crippen LogP contribution >= 0.6 is 0 Å². The summed E-state index contributed by atoms with van der Waals surface area (Å²) >= 11 is 0. The van der Waals surface area contributed by atoms with Crippen LogP contribution in [0.2, 0.25) is 0 Å². The van der Waals surface area contributed by atoms with E-state index in [2.05, 4.69) is 0 Å². The minimum absolute atomic E-state index is 0. The van der Waals surface area contributed by atoms with E-state index in [0.717, 1.165) is 25.7 Å². The van der Waals surface area contributed by atoms with Crippen molar-refractivity contribution in [2.24, 2.45) is 33.5 Å². The Kier molecular flexibility index (Phi) is 6.14. The van der Waals surface area contributed by atoms with Crippen molar-refractivity contribution in [1.82, 2.24) is 0 Å². The van der Waals surface area contributed by atoms with Crippen molar-refractivity contribution in [3.05, 3.63) is 22.7 Å². The van der Waals surface area contributed by atoms with Gasteiger partial charge in [0.2, 0.25) is 0 Å². The number of allylic oxidation sites excluding steroid dienone is 2. The molecule has 4 fully saturated rings. The van der Waals surface area contributed by atoms with E-state index in [4.69, 9.17) is 0 Å². The topological polar surface area (TPSA) is 80.3 Å². The van der Waals surface area contributed by atoms with Crippen molar-refractivity contribution >= 4 is 11.6 Å². The van der Waals surface area contributed by atoms with Gasteiger partial charge in [-0.25, -0.2) is 0 Å². The minimum Gasteiger partial charge on any atom is -0.873 e. The Morgan fingerprint density at radius 3 is 1.21 bits per heavy atom. The fraction of sp³-hybridized carbons (Fsp3) is 0.727. The Bertz CT molecular complexity index is 754. The molecule has 4 unspecified atom stereocenters. The van der Waals surface area contributed by atoms with Gasteiger partial charge in [-0.15, -0.1) is 11.5 Å². The fourth-order valence-corrected chi connectivity index (χ4v) is 6.50. The van der Waals surface area contributed by atoms with Crippen molar-refractivity contribution in [3.63, 3.8) is 0 Å². The third-order valence-corrected chi connectivity index (χ3v) is 9.34. The Labute approximate surface area is 212 Å². The SMILES string of the molecule is CC12CCC(C(=C([O-])C([O-])=C3C(=O)C4(C)CCC3C4(C)C)C1=O)C2(C)C.[Na+].[Na+]. The van der Waals surface area contributed by atoms with Crippen LogP contribution in [0.25, 0.3) is 0 Å². The van der Waals surface area contributed by atoms with E-state index in [1.54, 1.807) is 0 Å². The van der Waals surface area contributed by atoms with Gasteiger partial charge in [0.15, 0.2) is 11.6 Å². The molecule has 6 heteroatoms. The predicted molar refractivity (Wildman–Crippen MR) is 93.3 cm³/mol. The largest absolute Gasteiger partial charge is 1.00 e. The van der Waals surface area contributed by atoms with Crippen molar-refractivity contribution < 1.29 is 78.9 Å². The van der Waals surface area contributed by atoms with E-state index in [-0.39, 0.29) is 104 Å². The van der Waals surface area contributed by atoms with Crippen molar-refractivity contribution in [2.45, 2.75) is 67.2 Å². The molecule has 4 nitrogen and oxygen atoms in total. The van der Waals surface area contributed by atoms with Crippen LogP contribution in [0.3, 0.4) is 0 Å². The third-order valence-electron chi connectivity index (χ3n) is 9.34. The van der Waals surface area contributed by atoms with Crippen molar-refractivity contribution in [2.75, 3.05) is 0 Å².